The number of hydrogen-bond acceptors (Lipinski definition) is 5. The lowest BCUT2D eigenvalue weighted by molar-refractivity contribution is -0.120. The first-order valence-corrected chi connectivity index (χ1v) is 7.35. The standard InChI is InChI=1S/C16H18N2O3/c1-2-20-14-6-4-3-5-13(14)15-17-16(21-18-15)11-7-9-12(19)10-8-11/h3-6,11H,2,7-10H2,1H3. The maximum Gasteiger partial charge on any atom is 0.230 e. The quantitative estimate of drug-likeness (QED) is 0.862. The summed E-state index contributed by atoms with van der Waals surface area (Å²) in [6.07, 6.45) is 2.82. The molecule has 0 radical (unpaired) electrons. The van der Waals surface area contributed by atoms with Crippen LogP contribution in [0.1, 0.15) is 44.4 Å². The number of Topliss-reactive ketones (excluding diaryl/α,β-unsaturated/α-hetero) is 1. The molecule has 0 N–H and O–H groups in total. The molecule has 0 bridgehead atoms. The van der Waals surface area contributed by atoms with E-state index in [0.29, 0.717) is 36.9 Å². The van der Waals surface area contributed by atoms with Gasteiger partial charge in [-0.25, -0.2) is 0 Å². The number of benzene rings is 1. The van der Waals surface area contributed by atoms with Crippen LogP contribution >= 0.6 is 0 Å². The summed E-state index contributed by atoms with van der Waals surface area (Å²) in [5.74, 6) is 2.46. The van der Waals surface area contributed by atoms with E-state index >= 15 is 0 Å². The minimum atomic E-state index is 0.197. The van der Waals surface area contributed by atoms with Gasteiger partial charge in [0.25, 0.3) is 0 Å². The number of carbonyl (C=O) groups excluding carboxylic acids is 1. The Hall–Kier alpha value is -2.17. The normalized spacial score (nSPS) is 16.1. The molecule has 0 amide bonds. The minimum Gasteiger partial charge on any atom is -0.493 e. The van der Waals surface area contributed by atoms with E-state index in [1.165, 1.54) is 0 Å². The summed E-state index contributed by atoms with van der Waals surface area (Å²) in [4.78, 5) is 15.8. The zero-order valence-electron chi connectivity index (χ0n) is 12.0. The second-order valence-electron chi connectivity index (χ2n) is 5.20. The smallest absolute Gasteiger partial charge is 0.230 e. The van der Waals surface area contributed by atoms with Crippen molar-refractivity contribution in [3.63, 3.8) is 0 Å². The van der Waals surface area contributed by atoms with Gasteiger partial charge in [0, 0.05) is 18.8 Å². The molecule has 1 saturated carbocycles. The van der Waals surface area contributed by atoms with E-state index in [9.17, 15) is 4.79 Å². The fraction of sp³-hybridized carbons (Fsp3) is 0.438. The summed E-state index contributed by atoms with van der Waals surface area (Å²) in [5.41, 5.74) is 0.834. The van der Waals surface area contributed by atoms with Crippen LogP contribution in [0.3, 0.4) is 0 Å². The zero-order chi connectivity index (χ0) is 14.7. The number of para-hydroxylation sites is 1. The molecule has 0 saturated heterocycles. The van der Waals surface area contributed by atoms with Crippen LogP contribution in [0.2, 0.25) is 0 Å². The Balaban J connectivity index is 1.83. The monoisotopic (exact) mass is 286 g/mol. The van der Waals surface area contributed by atoms with Crippen LogP contribution in [0.4, 0.5) is 0 Å². The fourth-order valence-corrected chi connectivity index (χ4v) is 2.63. The molecule has 5 heteroatoms. The molecule has 3 rings (SSSR count). The Labute approximate surface area is 123 Å². The van der Waals surface area contributed by atoms with Crippen LogP contribution in [0.15, 0.2) is 28.8 Å². The first-order valence-electron chi connectivity index (χ1n) is 7.35. The molecule has 5 nitrogen and oxygen atoms in total. The van der Waals surface area contributed by atoms with Gasteiger partial charge in [0.1, 0.15) is 11.5 Å². The molecule has 110 valence electrons. The average molecular weight is 286 g/mol. The third-order valence-electron chi connectivity index (χ3n) is 3.76. The van der Waals surface area contributed by atoms with E-state index in [-0.39, 0.29) is 5.92 Å². The van der Waals surface area contributed by atoms with Crippen LogP contribution < -0.4 is 4.74 Å². The summed E-state index contributed by atoms with van der Waals surface area (Å²) in [7, 11) is 0. The van der Waals surface area contributed by atoms with Gasteiger partial charge in [0.15, 0.2) is 0 Å². The van der Waals surface area contributed by atoms with Gasteiger partial charge in [-0.1, -0.05) is 17.3 Å². The van der Waals surface area contributed by atoms with Gasteiger partial charge in [-0.3, -0.25) is 4.79 Å². The SMILES string of the molecule is CCOc1ccccc1-c1noc(C2CCC(=O)CC2)n1. The Morgan fingerprint density at radius 2 is 2.05 bits per heavy atom. The highest BCUT2D eigenvalue weighted by molar-refractivity contribution is 5.79. The van der Waals surface area contributed by atoms with Crippen molar-refractivity contribution in [3.05, 3.63) is 30.2 Å². The van der Waals surface area contributed by atoms with Gasteiger partial charge >= 0.3 is 0 Å². The molecular formula is C16H18N2O3. The topological polar surface area (TPSA) is 65.2 Å². The van der Waals surface area contributed by atoms with Gasteiger partial charge in [0.05, 0.1) is 12.2 Å². The Bertz CT molecular complexity index is 626. The van der Waals surface area contributed by atoms with Crippen LogP contribution in [0.5, 0.6) is 5.75 Å². The molecule has 21 heavy (non-hydrogen) atoms. The molecule has 0 unspecified atom stereocenters. The number of hydrogen-bond donors (Lipinski definition) is 0. The van der Waals surface area contributed by atoms with E-state index in [4.69, 9.17) is 9.26 Å². The molecule has 1 aliphatic carbocycles. The number of aromatic nitrogens is 2. The number of carbonyl (C=O) groups is 1. The van der Waals surface area contributed by atoms with Crippen molar-refractivity contribution in [2.24, 2.45) is 0 Å². The summed E-state index contributed by atoms with van der Waals surface area (Å²) in [6.45, 7) is 2.53. The van der Waals surface area contributed by atoms with Crippen LogP contribution in [0, 0.1) is 0 Å². The van der Waals surface area contributed by atoms with Crippen molar-refractivity contribution in [1.82, 2.24) is 10.1 Å². The number of ketones is 1. The van der Waals surface area contributed by atoms with Gasteiger partial charge in [-0.2, -0.15) is 4.98 Å². The largest absolute Gasteiger partial charge is 0.493 e. The lowest BCUT2D eigenvalue weighted by atomic mass is 9.88. The van der Waals surface area contributed by atoms with E-state index in [0.717, 1.165) is 24.2 Å². The van der Waals surface area contributed by atoms with Gasteiger partial charge in [0.2, 0.25) is 11.7 Å². The first-order chi connectivity index (χ1) is 10.3. The lowest BCUT2D eigenvalue weighted by Gasteiger charge is -2.16. The zero-order valence-corrected chi connectivity index (χ0v) is 12.0. The van der Waals surface area contributed by atoms with Gasteiger partial charge in [-0.05, 0) is 31.9 Å². The molecule has 1 aliphatic rings. The highest BCUT2D eigenvalue weighted by Crippen LogP contribution is 2.33. The number of ether oxygens (including phenoxy) is 1. The Morgan fingerprint density at radius 3 is 2.81 bits per heavy atom. The molecule has 0 spiro atoms. The predicted octanol–water partition coefficient (Wildman–Crippen LogP) is 3.36. The lowest BCUT2D eigenvalue weighted by Crippen LogP contribution is -2.12. The summed E-state index contributed by atoms with van der Waals surface area (Å²) in [5, 5.41) is 4.07. The Morgan fingerprint density at radius 1 is 1.29 bits per heavy atom. The maximum atomic E-state index is 11.3. The molecule has 0 aliphatic heterocycles. The highest BCUT2D eigenvalue weighted by atomic mass is 16.5. The van der Waals surface area contributed by atoms with Crippen LogP contribution in [0.25, 0.3) is 11.4 Å². The fourth-order valence-electron chi connectivity index (χ4n) is 2.63. The second kappa shape index (κ2) is 6.08. The maximum absolute atomic E-state index is 11.3. The summed E-state index contributed by atoms with van der Waals surface area (Å²) in [6, 6.07) is 7.66. The predicted molar refractivity (Wildman–Crippen MR) is 77.1 cm³/mol. The number of rotatable bonds is 4. The molecular weight excluding hydrogens is 268 g/mol. The van der Waals surface area contributed by atoms with Gasteiger partial charge < -0.3 is 9.26 Å². The molecule has 2 aromatic rings. The molecule has 1 aromatic heterocycles. The van der Waals surface area contributed by atoms with Crippen molar-refractivity contribution in [1.29, 1.82) is 0 Å². The first kappa shape index (κ1) is 13.8. The van der Waals surface area contributed by atoms with Crippen LogP contribution in [-0.2, 0) is 4.79 Å². The summed E-state index contributed by atoms with van der Waals surface area (Å²) < 4.78 is 11.0. The minimum absolute atomic E-state index is 0.197. The van der Waals surface area contributed by atoms with E-state index in [2.05, 4.69) is 10.1 Å². The van der Waals surface area contributed by atoms with E-state index < -0.39 is 0 Å². The third kappa shape index (κ3) is 2.96. The van der Waals surface area contributed by atoms with E-state index in [1.54, 1.807) is 0 Å². The second-order valence-corrected chi connectivity index (χ2v) is 5.20. The van der Waals surface area contributed by atoms with E-state index in [1.807, 2.05) is 31.2 Å². The van der Waals surface area contributed by atoms with Crippen molar-refractivity contribution < 1.29 is 14.1 Å². The molecule has 1 heterocycles. The van der Waals surface area contributed by atoms with Gasteiger partial charge in [-0.15, -0.1) is 0 Å². The Kier molecular flexibility index (Phi) is 3.99. The van der Waals surface area contributed by atoms with Crippen molar-refractivity contribution in [2.75, 3.05) is 6.61 Å². The van der Waals surface area contributed by atoms with Crippen LogP contribution in [-0.4, -0.2) is 22.5 Å². The molecule has 1 aromatic carbocycles. The number of nitrogens with zero attached hydrogens (tertiary/aromatic N) is 2. The van der Waals surface area contributed by atoms with Crippen molar-refractivity contribution in [2.45, 2.75) is 38.5 Å². The van der Waals surface area contributed by atoms with Crippen molar-refractivity contribution in [3.8, 4) is 17.1 Å². The average Bonchev–Trinajstić information content (AvgIpc) is 2.99. The molecule has 1 fully saturated rings. The third-order valence-corrected chi connectivity index (χ3v) is 3.76. The summed E-state index contributed by atoms with van der Waals surface area (Å²) >= 11 is 0. The van der Waals surface area contributed by atoms with Crippen molar-refractivity contribution >= 4 is 5.78 Å². The highest BCUT2D eigenvalue weighted by Gasteiger charge is 2.25. The molecule has 0 atom stereocenters.